The van der Waals surface area contributed by atoms with Crippen molar-refractivity contribution in [1.29, 1.82) is 0 Å². The summed E-state index contributed by atoms with van der Waals surface area (Å²) in [5, 5.41) is 3.50. The lowest BCUT2D eigenvalue weighted by molar-refractivity contribution is -0.117. The predicted molar refractivity (Wildman–Crippen MR) is 92.8 cm³/mol. The number of imidazole rings is 1. The second kappa shape index (κ2) is 6.44. The molecule has 1 amide bonds. The first-order valence-corrected chi connectivity index (χ1v) is 8.20. The zero-order chi connectivity index (χ0) is 16.4. The van der Waals surface area contributed by atoms with E-state index in [1.807, 2.05) is 42.4 Å². The van der Waals surface area contributed by atoms with Crippen LogP contribution in [0.3, 0.4) is 0 Å². The summed E-state index contributed by atoms with van der Waals surface area (Å²) in [6.07, 6.45) is 3.52. The number of carbonyl (C=O) groups is 1. The van der Waals surface area contributed by atoms with Crippen LogP contribution < -0.4 is 10.2 Å². The lowest BCUT2D eigenvalue weighted by atomic mass is 10.2. The first-order valence-electron chi connectivity index (χ1n) is 8.20. The van der Waals surface area contributed by atoms with E-state index in [2.05, 4.69) is 28.7 Å². The standard InChI is InChI=1S/C18H24N4O/c1-13(11-21-12-19-14(2)15(21)3)20-16-6-8-17(9-7-16)22-10-4-5-18(22)23/h6-9,12-13,20H,4-5,10-11H2,1-3H3/t13-/m0/s1. The van der Waals surface area contributed by atoms with E-state index in [0.717, 1.165) is 36.6 Å². The van der Waals surface area contributed by atoms with Gasteiger partial charge in [-0.15, -0.1) is 0 Å². The van der Waals surface area contributed by atoms with Gasteiger partial charge < -0.3 is 14.8 Å². The Morgan fingerprint density at radius 3 is 2.57 bits per heavy atom. The molecule has 1 aliphatic rings. The molecule has 2 aromatic rings. The zero-order valence-electron chi connectivity index (χ0n) is 14.0. The normalized spacial score (nSPS) is 16.0. The molecule has 0 spiro atoms. The molecule has 1 atom stereocenters. The molecule has 23 heavy (non-hydrogen) atoms. The van der Waals surface area contributed by atoms with Crippen molar-refractivity contribution in [3.05, 3.63) is 42.0 Å². The summed E-state index contributed by atoms with van der Waals surface area (Å²) in [7, 11) is 0. The summed E-state index contributed by atoms with van der Waals surface area (Å²) < 4.78 is 2.17. The van der Waals surface area contributed by atoms with E-state index in [1.54, 1.807) is 0 Å². The summed E-state index contributed by atoms with van der Waals surface area (Å²) in [6.45, 7) is 7.99. The molecule has 0 unspecified atom stereocenters. The largest absolute Gasteiger partial charge is 0.381 e. The number of amides is 1. The fraction of sp³-hybridized carbons (Fsp3) is 0.444. The topological polar surface area (TPSA) is 50.2 Å². The summed E-state index contributed by atoms with van der Waals surface area (Å²) in [5.41, 5.74) is 4.35. The Labute approximate surface area is 137 Å². The molecule has 0 saturated carbocycles. The molecular formula is C18H24N4O. The van der Waals surface area contributed by atoms with Crippen LogP contribution in [0, 0.1) is 13.8 Å². The van der Waals surface area contributed by atoms with Crippen molar-refractivity contribution in [1.82, 2.24) is 9.55 Å². The maximum absolute atomic E-state index is 11.8. The molecule has 0 radical (unpaired) electrons. The highest BCUT2D eigenvalue weighted by Gasteiger charge is 2.21. The molecule has 3 rings (SSSR count). The van der Waals surface area contributed by atoms with E-state index in [-0.39, 0.29) is 5.91 Å². The fourth-order valence-corrected chi connectivity index (χ4v) is 3.01. The Morgan fingerprint density at radius 1 is 1.26 bits per heavy atom. The number of aromatic nitrogens is 2. The lowest BCUT2D eigenvalue weighted by Crippen LogP contribution is -2.24. The minimum Gasteiger partial charge on any atom is -0.381 e. The van der Waals surface area contributed by atoms with Crippen LogP contribution in [-0.4, -0.2) is 28.0 Å². The van der Waals surface area contributed by atoms with Gasteiger partial charge in [0, 0.05) is 42.6 Å². The van der Waals surface area contributed by atoms with E-state index in [0.29, 0.717) is 12.5 Å². The van der Waals surface area contributed by atoms with Gasteiger partial charge in [-0.1, -0.05) is 0 Å². The van der Waals surface area contributed by atoms with Gasteiger partial charge in [-0.3, -0.25) is 4.79 Å². The molecule has 1 fully saturated rings. The summed E-state index contributed by atoms with van der Waals surface area (Å²) in [4.78, 5) is 18.0. The number of hydrogen-bond donors (Lipinski definition) is 1. The molecule has 122 valence electrons. The second-order valence-electron chi connectivity index (χ2n) is 6.31. The summed E-state index contributed by atoms with van der Waals surface area (Å²) in [6, 6.07) is 8.42. The molecule has 2 heterocycles. The van der Waals surface area contributed by atoms with Crippen molar-refractivity contribution in [2.24, 2.45) is 0 Å². The number of anilines is 2. The van der Waals surface area contributed by atoms with Gasteiger partial charge in [0.2, 0.25) is 5.91 Å². The average Bonchev–Trinajstić information content (AvgIpc) is 3.09. The highest BCUT2D eigenvalue weighted by Crippen LogP contribution is 2.23. The smallest absolute Gasteiger partial charge is 0.227 e. The van der Waals surface area contributed by atoms with Crippen LogP contribution in [0.4, 0.5) is 11.4 Å². The number of aryl methyl sites for hydroxylation is 1. The Balaban J connectivity index is 1.61. The van der Waals surface area contributed by atoms with Crippen LogP contribution in [0.15, 0.2) is 30.6 Å². The molecule has 1 aromatic heterocycles. The van der Waals surface area contributed by atoms with Crippen LogP contribution in [0.5, 0.6) is 0 Å². The van der Waals surface area contributed by atoms with Crippen molar-refractivity contribution in [2.45, 2.75) is 46.2 Å². The maximum atomic E-state index is 11.8. The van der Waals surface area contributed by atoms with Gasteiger partial charge in [0.1, 0.15) is 0 Å². The van der Waals surface area contributed by atoms with Gasteiger partial charge in [0.25, 0.3) is 0 Å². The predicted octanol–water partition coefficient (Wildman–Crippen LogP) is 3.13. The van der Waals surface area contributed by atoms with Crippen LogP contribution in [0.2, 0.25) is 0 Å². The highest BCUT2D eigenvalue weighted by molar-refractivity contribution is 5.95. The number of benzene rings is 1. The Hall–Kier alpha value is -2.30. The van der Waals surface area contributed by atoms with Crippen molar-refractivity contribution < 1.29 is 4.79 Å². The van der Waals surface area contributed by atoms with E-state index < -0.39 is 0 Å². The van der Waals surface area contributed by atoms with Crippen LogP contribution in [0.25, 0.3) is 0 Å². The summed E-state index contributed by atoms with van der Waals surface area (Å²) >= 11 is 0. The molecule has 1 saturated heterocycles. The van der Waals surface area contributed by atoms with Gasteiger partial charge in [-0.25, -0.2) is 4.98 Å². The quantitative estimate of drug-likeness (QED) is 0.923. The van der Waals surface area contributed by atoms with E-state index in [1.165, 1.54) is 5.69 Å². The number of nitrogens with one attached hydrogen (secondary N) is 1. The molecule has 1 aromatic carbocycles. The van der Waals surface area contributed by atoms with Crippen LogP contribution in [-0.2, 0) is 11.3 Å². The monoisotopic (exact) mass is 312 g/mol. The van der Waals surface area contributed by atoms with E-state index in [4.69, 9.17) is 0 Å². The fourth-order valence-electron chi connectivity index (χ4n) is 3.01. The first-order chi connectivity index (χ1) is 11.0. The molecule has 0 aliphatic carbocycles. The van der Waals surface area contributed by atoms with Gasteiger partial charge >= 0.3 is 0 Å². The van der Waals surface area contributed by atoms with Crippen molar-refractivity contribution in [2.75, 3.05) is 16.8 Å². The van der Waals surface area contributed by atoms with Gasteiger partial charge in [-0.05, 0) is 51.5 Å². The molecule has 5 heteroatoms. The minimum atomic E-state index is 0.227. The molecular weight excluding hydrogens is 288 g/mol. The highest BCUT2D eigenvalue weighted by atomic mass is 16.2. The average molecular weight is 312 g/mol. The first kappa shape index (κ1) is 15.6. The number of nitrogens with zero attached hydrogens (tertiary/aromatic N) is 3. The Bertz CT molecular complexity index is 690. The van der Waals surface area contributed by atoms with Crippen molar-refractivity contribution >= 4 is 17.3 Å². The number of rotatable bonds is 5. The van der Waals surface area contributed by atoms with Gasteiger partial charge in [0.15, 0.2) is 0 Å². The maximum Gasteiger partial charge on any atom is 0.227 e. The summed E-state index contributed by atoms with van der Waals surface area (Å²) in [5.74, 6) is 0.227. The van der Waals surface area contributed by atoms with E-state index >= 15 is 0 Å². The third-order valence-electron chi connectivity index (χ3n) is 4.48. The van der Waals surface area contributed by atoms with Crippen molar-refractivity contribution in [3.8, 4) is 0 Å². The van der Waals surface area contributed by atoms with Crippen molar-refractivity contribution in [3.63, 3.8) is 0 Å². The lowest BCUT2D eigenvalue weighted by Gasteiger charge is -2.19. The Morgan fingerprint density at radius 2 is 2.00 bits per heavy atom. The number of hydrogen-bond acceptors (Lipinski definition) is 3. The SMILES string of the molecule is Cc1ncn(C[C@H](C)Nc2ccc(N3CCCC3=O)cc2)c1C. The molecule has 0 bridgehead atoms. The minimum absolute atomic E-state index is 0.227. The van der Waals surface area contributed by atoms with Crippen LogP contribution >= 0.6 is 0 Å². The zero-order valence-corrected chi connectivity index (χ0v) is 14.0. The number of carbonyl (C=O) groups excluding carboxylic acids is 1. The molecule has 5 nitrogen and oxygen atoms in total. The van der Waals surface area contributed by atoms with Gasteiger partial charge in [-0.2, -0.15) is 0 Å². The Kier molecular flexibility index (Phi) is 4.37. The third-order valence-corrected chi connectivity index (χ3v) is 4.48. The molecule has 1 aliphatic heterocycles. The molecule has 1 N–H and O–H groups in total. The van der Waals surface area contributed by atoms with Gasteiger partial charge in [0.05, 0.1) is 12.0 Å². The second-order valence-corrected chi connectivity index (χ2v) is 6.31. The third kappa shape index (κ3) is 3.38. The van der Waals surface area contributed by atoms with E-state index in [9.17, 15) is 4.79 Å². The van der Waals surface area contributed by atoms with Crippen LogP contribution in [0.1, 0.15) is 31.2 Å².